The van der Waals surface area contributed by atoms with E-state index in [0.717, 1.165) is 29.5 Å². The number of aryl methyl sites for hydroxylation is 1. The van der Waals surface area contributed by atoms with Crippen LogP contribution >= 0.6 is 11.3 Å². The number of methoxy groups -OCH3 is 1. The number of benzene rings is 1. The van der Waals surface area contributed by atoms with Gasteiger partial charge in [-0.3, -0.25) is 9.88 Å². The van der Waals surface area contributed by atoms with Crippen LogP contribution in [-0.2, 0) is 6.54 Å². The predicted octanol–water partition coefficient (Wildman–Crippen LogP) is 3.61. The zero-order valence-electron chi connectivity index (χ0n) is 15.4. The van der Waals surface area contributed by atoms with E-state index in [9.17, 15) is 4.39 Å². The number of pyridine rings is 1. The third kappa shape index (κ3) is 2.76. The number of fused-ring (bicyclic) bond motifs is 3. The van der Waals surface area contributed by atoms with Gasteiger partial charge in [0.15, 0.2) is 5.13 Å². The molecule has 3 fully saturated rings. The smallest absolute Gasteiger partial charge is 0.187 e. The van der Waals surface area contributed by atoms with E-state index in [0.29, 0.717) is 24.3 Å². The number of rotatable bonds is 4. The Hall–Kier alpha value is -2.25. The van der Waals surface area contributed by atoms with Crippen LogP contribution in [0.2, 0.25) is 0 Å². The van der Waals surface area contributed by atoms with Gasteiger partial charge in [-0.15, -0.1) is 0 Å². The Morgan fingerprint density at radius 2 is 2.07 bits per heavy atom. The average molecular weight is 384 g/mol. The normalized spacial score (nSPS) is 22.1. The second kappa shape index (κ2) is 6.42. The Labute approximate surface area is 161 Å². The lowest BCUT2D eigenvalue weighted by Crippen LogP contribution is -2.68. The number of thiazole rings is 1. The Kier molecular flexibility index (Phi) is 4.02. The molecule has 140 valence electrons. The zero-order valence-corrected chi connectivity index (χ0v) is 16.2. The second-order valence-corrected chi connectivity index (χ2v) is 8.31. The van der Waals surface area contributed by atoms with Gasteiger partial charge in [0.2, 0.25) is 0 Å². The van der Waals surface area contributed by atoms with Gasteiger partial charge in [-0.1, -0.05) is 17.4 Å². The quantitative estimate of drug-likeness (QED) is 0.687. The molecule has 6 rings (SSSR count). The highest BCUT2D eigenvalue weighted by atomic mass is 32.1. The van der Waals surface area contributed by atoms with Crippen molar-refractivity contribution in [3.63, 3.8) is 0 Å². The molecule has 0 radical (unpaired) electrons. The van der Waals surface area contributed by atoms with Crippen molar-refractivity contribution < 1.29 is 9.13 Å². The zero-order chi connectivity index (χ0) is 18.5. The molecule has 2 unspecified atom stereocenters. The van der Waals surface area contributed by atoms with Crippen LogP contribution < -0.4 is 9.64 Å². The summed E-state index contributed by atoms with van der Waals surface area (Å²) in [6.07, 6.45) is 2.83. The van der Waals surface area contributed by atoms with Crippen molar-refractivity contribution in [2.75, 3.05) is 25.1 Å². The van der Waals surface area contributed by atoms with Crippen LogP contribution in [0.3, 0.4) is 0 Å². The number of hydrogen-bond acceptors (Lipinski definition) is 6. The molecule has 1 aromatic carbocycles. The Bertz CT molecular complexity index is 995. The third-order valence-electron chi connectivity index (χ3n) is 5.61. The number of nitrogens with zero attached hydrogens (tertiary/aromatic N) is 4. The lowest BCUT2D eigenvalue weighted by molar-refractivity contribution is 0.106. The molecule has 3 aliphatic heterocycles. The van der Waals surface area contributed by atoms with Crippen LogP contribution in [0.4, 0.5) is 9.52 Å². The van der Waals surface area contributed by atoms with Gasteiger partial charge < -0.3 is 9.64 Å². The maximum atomic E-state index is 13.9. The molecule has 3 saturated heterocycles. The minimum atomic E-state index is -0.220. The molecule has 3 aliphatic rings. The number of ether oxygens (including phenoxy) is 1. The maximum absolute atomic E-state index is 13.9. The summed E-state index contributed by atoms with van der Waals surface area (Å²) in [5.41, 5.74) is 2.72. The Morgan fingerprint density at radius 3 is 2.81 bits per heavy atom. The lowest BCUT2D eigenvalue weighted by Gasteiger charge is -2.56. The van der Waals surface area contributed by atoms with Gasteiger partial charge in [-0.2, -0.15) is 0 Å². The first-order valence-electron chi connectivity index (χ1n) is 9.18. The van der Waals surface area contributed by atoms with E-state index in [2.05, 4.69) is 27.8 Å². The van der Waals surface area contributed by atoms with Gasteiger partial charge in [0.25, 0.3) is 0 Å². The predicted molar refractivity (Wildman–Crippen MR) is 105 cm³/mol. The highest BCUT2D eigenvalue weighted by Gasteiger charge is 2.46. The molecule has 5 nitrogen and oxygen atoms in total. The number of aromatic nitrogens is 2. The molecular weight excluding hydrogens is 363 g/mol. The summed E-state index contributed by atoms with van der Waals surface area (Å²) >= 11 is 1.75. The monoisotopic (exact) mass is 384 g/mol. The van der Waals surface area contributed by atoms with Gasteiger partial charge in [0.1, 0.15) is 17.1 Å². The highest BCUT2D eigenvalue weighted by molar-refractivity contribution is 7.22. The molecule has 0 amide bonds. The number of piperidine rings is 1. The van der Waals surface area contributed by atoms with E-state index in [1.165, 1.54) is 22.8 Å². The van der Waals surface area contributed by atoms with Gasteiger partial charge >= 0.3 is 0 Å². The minimum absolute atomic E-state index is 0.220. The molecule has 0 spiro atoms. The van der Waals surface area contributed by atoms with Crippen LogP contribution in [0.1, 0.15) is 17.7 Å². The van der Waals surface area contributed by atoms with Gasteiger partial charge in [-0.05, 0) is 37.1 Å². The topological polar surface area (TPSA) is 41.5 Å². The largest absolute Gasteiger partial charge is 0.494 e. The summed E-state index contributed by atoms with van der Waals surface area (Å²) in [7, 11) is 1.69. The molecule has 7 heteroatoms. The minimum Gasteiger partial charge on any atom is -0.494 e. The van der Waals surface area contributed by atoms with Crippen molar-refractivity contribution in [1.29, 1.82) is 0 Å². The SMILES string of the molecule is COc1ccc(C)c2sc(N3C4CC3CN(Cc3ncccc3F)C4)nc12. The van der Waals surface area contributed by atoms with Crippen LogP contribution in [0.5, 0.6) is 5.75 Å². The summed E-state index contributed by atoms with van der Waals surface area (Å²) in [5.74, 6) is 0.610. The maximum Gasteiger partial charge on any atom is 0.187 e. The second-order valence-electron chi connectivity index (χ2n) is 7.34. The summed E-state index contributed by atoms with van der Waals surface area (Å²) in [6.45, 7) is 4.52. The lowest BCUT2D eigenvalue weighted by atomic mass is 9.88. The number of hydrogen-bond donors (Lipinski definition) is 0. The van der Waals surface area contributed by atoms with E-state index >= 15 is 0 Å². The summed E-state index contributed by atoms with van der Waals surface area (Å²) in [4.78, 5) is 13.8. The molecule has 2 bridgehead atoms. The van der Waals surface area contributed by atoms with Crippen molar-refractivity contribution >= 4 is 26.7 Å². The van der Waals surface area contributed by atoms with Crippen molar-refractivity contribution in [2.45, 2.75) is 32.0 Å². The van der Waals surface area contributed by atoms with E-state index < -0.39 is 0 Å². The molecule has 3 aromatic rings. The standard InChI is InChI=1S/C20H21FN4OS/c1-12-5-6-17(26-2)18-19(12)27-20(23-18)25-13-8-14(25)10-24(9-13)11-16-15(21)4-3-7-22-16/h3-7,13-14H,8-11H2,1-2H3. The molecule has 0 aliphatic carbocycles. The van der Waals surface area contributed by atoms with Gasteiger partial charge in [0.05, 0.1) is 17.5 Å². The first-order valence-corrected chi connectivity index (χ1v) is 10.00. The molecule has 27 heavy (non-hydrogen) atoms. The summed E-state index contributed by atoms with van der Waals surface area (Å²) in [6, 6.07) is 8.06. The molecular formula is C20H21FN4OS. The fourth-order valence-corrected chi connectivity index (χ4v) is 5.45. The molecule has 0 N–H and O–H groups in total. The van der Waals surface area contributed by atoms with Crippen LogP contribution in [0, 0.1) is 12.7 Å². The summed E-state index contributed by atoms with van der Waals surface area (Å²) in [5, 5.41) is 1.07. The van der Waals surface area contributed by atoms with E-state index in [1.807, 2.05) is 6.07 Å². The van der Waals surface area contributed by atoms with Gasteiger partial charge in [0, 0.05) is 37.9 Å². The fraction of sp³-hybridized carbons (Fsp3) is 0.400. The van der Waals surface area contributed by atoms with Crippen LogP contribution in [0.25, 0.3) is 10.2 Å². The van der Waals surface area contributed by atoms with Gasteiger partial charge in [-0.25, -0.2) is 9.37 Å². The van der Waals surface area contributed by atoms with Crippen molar-refractivity contribution in [1.82, 2.24) is 14.9 Å². The Morgan fingerprint density at radius 1 is 1.26 bits per heavy atom. The van der Waals surface area contributed by atoms with Crippen molar-refractivity contribution in [2.24, 2.45) is 0 Å². The fourth-order valence-electron chi connectivity index (χ4n) is 4.26. The van der Waals surface area contributed by atoms with E-state index in [4.69, 9.17) is 9.72 Å². The average Bonchev–Trinajstić information content (AvgIpc) is 3.09. The highest BCUT2D eigenvalue weighted by Crippen LogP contribution is 2.43. The number of anilines is 1. The van der Waals surface area contributed by atoms with Crippen molar-refractivity contribution in [3.8, 4) is 5.75 Å². The first kappa shape index (κ1) is 16.9. The molecule has 2 atom stereocenters. The summed E-state index contributed by atoms with van der Waals surface area (Å²) < 4.78 is 20.6. The van der Waals surface area contributed by atoms with E-state index in [1.54, 1.807) is 30.7 Å². The Balaban J connectivity index is 1.37. The number of piperazine rings is 1. The molecule has 0 saturated carbocycles. The van der Waals surface area contributed by atoms with E-state index in [-0.39, 0.29) is 5.82 Å². The third-order valence-corrected chi connectivity index (χ3v) is 6.81. The molecule has 5 heterocycles. The van der Waals surface area contributed by atoms with Crippen LogP contribution in [-0.4, -0.2) is 47.2 Å². The number of halogens is 1. The molecule has 2 aromatic heterocycles. The van der Waals surface area contributed by atoms with Crippen LogP contribution in [0.15, 0.2) is 30.5 Å². The first-order chi connectivity index (χ1) is 13.1. The van der Waals surface area contributed by atoms with Crippen molar-refractivity contribution in [3.05, 3.63) is 47.5 Å².